The van der Waals surface area contributed by atoms with Crippen molar-refractivity contribution in [2.75, 3.05) is 27.2 Å². The van der Waals surface area contributed by atoms with Gasteiger partial charge >= 0.3 is 0 Å². The molecule has 2 aromatic carbocycles. The molecule has 1 atom stereocenters. The first-order chi connectivity index (χ1) is 14.0. The number of rotatable bonds is 10. The van der Waals surface area contributed by atoms with E-state index in [-0.39, 0.29) is 35.0 Å². The number of halogens is 1. The summed E-state index contributed by atoms with van der Waals surface area (Å²) in [5.74, 6) is 0.688. The van der Waals surface area contributed by atoms with E-state index in [9.17, 15) is 8.42 Å². The van der Waals surface area contributed by atoms with E-state index >= 15 is 0 Å². The monoisotopic (exact) mass is 546 g/mol. The molecule has 0 saturated heterocycles. The lowest BCUT2D eigenvalue weighted by Crippen LogP contribution is -2.37. The zero-order valence-electron chi connectivity index (χ0n) is 17.6. The van der Waals surface area contributed by atoms with Crippen LogP contribution in [-0.4, -0.2) is 41.6 Å². The minimum atomic E-state index is -3.41. The quantitative estimate of drug-likeness (QED) is 0.185. The van der Waals surface area contributed by atoms with Gasteiger partial charge in [0, 0.05) is 26.7 Å². The molecular weight excluding hydrogens is 515 g/mol. The molecule has 0 saturated carbocycles. The molecule has 0 aliphatic carbocycles. The van der Waals surface area contributed by atoms with Gasteiger partial charge in [0.05, 0.1) is 11.0 Å². The minimum Gasteiger partial charge on any atom is -0.374 e. The first-order valence-corrected chi connectivity index (χ1v) is 11.1. The predicted octanol–water partition coefficient (Wildman–Crippen LogP) is 3.05. The second kappa shape index (κ2) is 13.6. The first kappa shape index (κ1) is 26.3. The molecule has 166 valence electrons. The number of guanidine groups is 1. The topological polar surface area (TPSA) is 91.8 Å². The van der Waals surface area contributed by atoms with Crippen molar-refractivity contribution in [3.8, 4) is 0 Å². The third kappa shape index (κ3) is 8.58. The lowest BCUT2D eigenvalue weighted by Gasteiger charge is -2.15. The van der Waals surface area contributed by atoms with E-state index in [1.165, 1.54) is 12.6 Å². The van der Waals surface area contributed by atoms with Crippen LogP contribution < -0.4 is 15.4 Å². The molecule has 7 nitrogen and oxygen atoms in total. The van der Waals surface area contributed by atoms with E-state index in [1.54, 1.807) is 31.3 Å². The van der Waals surface area contributed by atoms with Crippen molar-refractivity contribution in [2.24, 2.45) is 4.99 Å². The van der Waals surface area contributed by atoms with Crippen LogP contribution in [0.25, 0.3) is 0 Å². The van der Waals surface area contributed by atoms with Gasteiger partial charge in [-0.1, -0.05) is 42.5 Å². The van der Waals surface area contributed by atoms with Crippen molar-refractivity contribution in [1.82, 2.24) is 15.4 Å². The lowest BCUT2D eigenvalue weighted by atomic mass is 10.1. The summed E-state index contributed by atoms with van der Waals surface area (Å²) < 4.78 is 31.7. The highest BCUT2D eigenvalue weighted by Gasteiger charge is 2.10. The molecule has 0 aromatic heterocycles. The number of hydrogen-bond acceptors (Lipinski definition) is 4. The van der Waals surface area contributed by atoms with Crippen molar-refractivity contribution in [3.05, 3.63) is 65.7 Å². The second-order valence-corrected chi connectivity index (χ2v) is 8.37. The smallest absolute Gasteiger partial charge is 0.240 e. The molecule has 0 radical (unpaired) electrons. The normalized spacial score (nSPS) is 12.7. The van der Waals surface area contributed by atoms with Crippen molar-refractivity contribution in [3.63, 3.8) is 0 Å². The minimum absolute atomic E-state index is 0. The number of aliphatic imine (C=N–C) groups is 1. The van der Waals surface area contributed by atoms with Gasteiger partial charge in [0.1, 0.15) is 0 Å². The Labute approximate surface area is 196 Å². The first-order valence-electron chi connectivity index (χ1n) is 9.60. The highest BCUT2D eigenvalue weighted by molar-refractivity contribution is 14.0. The van der Waals surface area contributed by atoms with E-state index < -0.39 is 10.0 Å². The SMILES string of the molecule is CN=C(NCCCOC(C)c1ccccc1)NCc1ccc(S(=O)(=O)NC)cc1.I. The number of benzene rings is 2. The van der Waals surface area contributed by atoms with Gasteiger partial charge in [-0.25, -0.2) is 13.1 Å². The predicted molar refractivity (Wildman–Crippen MR) is 132 cm³/mol. The van der Waals surface area contributed by atoms with Crippen LogP contribution in [0.15, 0.2) is 64.5 Å². The molecule has 0 spiro atoms. The molecule has 9 heteroatoms. The fourth-order valence-corrected chi connectivity index (χ4v) is 3.40. The molecule has 30 heavy (non-hydrogen) atoms. The Morgan fingerprint density at radius 2 is 1.73 bits per heavy atom. The average Bonchev–Trinajstić information content (AvgIpc) is 2.76. The summed E-state index contributed by atoms with van der Waals surface area (Å²) >= 11 is 0. The Balaban J connectivity index is 0.00000450. The number of sulfonamides is 1. The molecule has 0 aliphatic heterocycles. The van der Waals surface area contributed by atoms with E-state index in [2.05, 4.69) is 39.4 Å². The third-order valence-corrected chi connectivity index (χ3v) is 5.87. The van der Waals surface area contributed by atoms with Gasteiger partial charge in [-0.15, -0.1) is 24.0 Å². The molecule has 2 rings (SSSR count). The molecule has 0 bridgehead atoms. The van der Waals surface area contributed by atoms with Gasteiger partial charge in [-0.3, -0.25) is 4.99 Å². The number of nitrogens with one attached hydrogen (secondary N) is 3. The Morgan fingerprint density at radius 1 is 1.07 bits per heavy atom. The van der Waals surface area contributed by atoms with Crippen LogP contribution in [0, 0.1) is 0 Å². The number of nitrogens with zero attached hydrogens (tertiary/aromatic N) is 1. The Morgan fingerprint density at radius 3 is 2.33 bits per heavy atom. The fraction of sp³-hybridized carbons (Fsp3) is 0.381. The van der Waals surface area contributed by atoms with Crippen molar-refractivity contribution < 1.29 is 13.2 Å². The summed E-state index contributed by atoms with van der Waals surface area (Å²) in [6.45, 7) is 3.99. The third-order valence-electron chi connectivity index (χ3n) is 4.44. The van der Waals surface area contributed by atoms with Gasteiger partial charge in [0.25, 0.3) is 0 Å². The van der Waals surface area contributed by atoms with Crippen LogP contribution in [0.1, 0.15) is 30.6 Å². The lowest BCUT2D eigenvalue weighted by molar-refractivity contribution is 0.0646. The standard InChI is InChI=1S/C21H30N4O3S.HI/c1-17(19-8-5-4-6-9-19)28-15-7-14-24-21(22-2)25-16-18-10-12-20(13-11-18)29(26,27)23-3;/h4-6,8-13,17,23H,7,14-16H2,1-3H3,(H2,22,24,25);1H. The maximum Gasteiger partial charge on any atom is 0.240 e. The summed E-state index contributed by atoms with van der Waals surface area (Å²) in [5.41, 5.74) is 2.13. The van der Waals surface area contributed by atoms with Gasteiger partial charge < -0.3 is 15.4 Å². The summed E-state index contributed by atoms with van der Waals surface area (Å²) in [7, 11) is -0.300. The maximum atomic E-state index is 11.8. The number of hydrogen-bond donors (Lipinski definition) is 3. The van der Waals surface area contributed by atoms with Crippen LogP contribution in [0.5, 0.6) is 0 Å². The molecular formula is C21H31IN4O3S. The van der Waals surface area contributed by atoms with Crippen LogP contribution in [0.3, 0.4) is 0 Å². The summed E-state index contributed by atoms with van der Waals surface area (Å²) in [6.07, 6.45) is 0.928. The van der Waals surface area contributed by atoms with Crippen molar-refractivity contribution in [1.29, 1.82) is 0 Å². The van der Waals surface area contributed by atoms with Crippen LogP contribution in [0.4, 0.5) is 0 Å². The molecule has 0 aliphatic rings. The van der Waals surface area contributed by atoms with Gasteiger partial charge in [0.2, 0.25) is 10.0 Å². The summed E-state index contributed by atoms with van der Waals surface area (Å²) in [6, 6.07) is 16.9. The average molecular weight is 546 g/mol. The van der Waals surface area contributed by atoms with Crippen molar-refractivity contribution >= 4 is 40.0 Å². The summed E-state index contributed by atoms with van der Waals surface area (Å²) in [4.78, 5) is 4.45. The molecule has 0 amide bonds. The Bertz CT molecular complexity index is 875. The van der Waals surface area contributed by atoms with Crippen LogP contribution in [0.2, 0.25) is 0 Å². The van der Waals surface area contributed by atoms with E-state index in [0.717, 1.165) is 18.5 Å². The molecule has 2 aromatic rings. The Hall–Kier alpha value is -1.69. The highest BCUT2D eigenvalue weighted by Crippen LogP contribution is 2.15. The van der Waals surface area contributed by atoms with Gasteiger partial charge in [0.15, 0.2) is 5.96 Å². The highest BCUT2D eigenvalue weighted by atomic mass is 127. The maximum absolute atomic E-state index is 11.8. The Kier molecular flexibility index (Phi) is 11.9. The second-order valence-electron chi connectivity index (χ2n) is 6.48. The zero-order valence-corrected chi connectivity index (χ0v) is 20.7. The molecule has 0 heterocycles. The van der Waals surface area contributed by atoms with E-state index in [4.69, 9.17) is 4.74 Å². The molecule has 0 fully saturated rings. The summed E-state index contributed by atoms with van der Waals surface area (Å²) in [5, 5.41) is 6.47. The van der Waals surface area contributed by atoms with E-state index in [0.29, 0.717) is 19.1 Å². The molecule has 1 unspecified atom stereocenters. The zero-order chi connectivity index (χ0) is 21.1. The van der Waals surface area contributed by atoms with Gasteiger partial charge in [-0.2, -0.15) is 0 Å². The molecule has 3 N–H and O–H groups in total. The van der Waals surface area contributed by atoms with Gasteiger partial charge in [-0.05, 0) is 43.7 Å². The van der Waals surface area contributed by atoms with Crippen molar-refractivity contribution in [2.45, 2.75) is 30.9 Å². The number of ether oxygens (including phenoxy) is 1. The van der Waals surface area contributed by atoms with E-state index in [1.807, 2.05) is 18.2 Å². The fourth-order valence-electron chi connectivity index (χ4n) is 2.67. The largest absolute Gasteiger partial charge is 0.374 e. The van der Waals surface area contributed by atoms with Crippen LogP contribution >= 0.6 is 24.0 Å². The van der Waals surface area contributed by atoms with Crippen LogP contribution in [-0.2, 0) is 21.3 Å².